The highest BCUT2D eigenvalue weighted by Crippen LogP contribution is 2.62. The van der Waals surface area contributed by atoms with Gasteiger partial charge in [0.25, 0.3) is 5.91 Å². The van der Waals surface area contributed by atoms with Crippen molar-refractivity contribution in [3.8, 4) is 17.1 Å². The lowest BCUT2D eigenvalue weighted by molar-refractivity contribution is -0.117. The number of rotatable bonds is 8. The maximum absolute atomic E-state index is 12.7. The largest absolute Gasteiger partial charge is 0.494 e. The Bertz CT molecular complexity index is 1420. The van der Waals surface area contributed by atoms with Crippen molar-refractivity contribution >= 4 is 29.0 Å². The number of ether oxygens (including phenoxy) is 1. The van der Waals surface area contributed by atoms with Crippen LogP contribution in [0.4, 0.5) is 17.2 Å². The Morgan fingerprint density at radius 2 is 2.03 bits per heavy atom. The Kier molecular flexibility index (Phi) is 4.21. The lowest BCUT2D eigenvalue weighted by atomic mass is 9.50. The molecule has 4 aliphatic rings. The van der Waals surface area contributed by atoms with Gasteiger partial charge in [-0.3, -0.25) is 9.59 Å². The van der Waals surface area contributed by atoms with E-state index >= 15 is 0 Å². The second-order valence-corrected chi connectivity index (χ2v) is 9.44. The number of nitrogens with zero attached hydrogens (tertiary/aromatic N) is 5. The Morgan fingerprint density at radius 3 is 2.71 bits per heavy atom. The number of anilines is 3. The van der Waals surface area contributed by atoms with Crippen LogP contribution in [-0.4, -0.2) is 50.9 Å². The van der Waals surface area contributed by atoms with Crippen molar-refractivity contribution in [1.82, 2.24) is 30.3 Å². The molecule has 11 nitrogen and oxygen atoms in total. The van der Waals surface area contributed by atoms with Gasteiger partial charge >= 0.3 is 0 Å². The third-order valence-electron chi connectivity index (χ3n) is 7.04. The van der Waals surface area contributed by atoms with E-state index in [1.807, 2.05) is 16.1 Å². The van der Waals surface area contributed by atoms with Gasteiger partial charge in [-0.2, -0.15) is 5.10 Å². The van der Waals surface area contributed by atoms with Crippen LogP contribution in [0.1, 0.15) is 46.7 Å². The SMILES string of the molecule is [2H]C([2H])([2H])NC(=O)c1nnc(NC(=O)C2CC2)cc1Nc1cccc(-c2ncn(C34CC(C3)C4)n2)c1OC. The zero-order valence-corrected chi connectivity index (χ0v) is 19.0. The third kappa shape index (κ3) is 3.67. The summed E-state index contributed by atoms with van der Waals surface area (Å²) in [5, 5.41) is 20.3. The van der Waals surface area contributed by atoms with Crippen LogP contribution in [-0.2, 0) is 10.3 Å². The van der Waals surface area contributed by atoms with Gasteiger partial charge in [0, 0.05) is 23.1 Å². The van der Waals surface area contributed by atoms with E-state index in [1.54, 1.807) is 18.5 Å². The average Bonchev–Trinajstić information content (AvgIpc) is 3.55. The Labute approximate surface area is 205 Å². The highest BCUT2D eigenvalue weighted by Gasteiger charge is 2.58. The molecular weight excluding hydrogens is 448 g/mol. The van der Waals surface area contributed by atoms with Gasteiger partial charge in [0.15, 0.2) is 23.1 Å². The van der Waals surface area contributed by atoms with Gasteiger partial charge in [0.2, 0.25) is 5.91 Å². The molecular formula is C24H26N8O3. The van der Waals surface area contributed by atoms with E-state index in [9.17, 15) is 9.59 Å². The van der Waals surface area contributed by atoms with Gasteiger partial charge < -0.3 is 20.7 Å². The molecule has 0 atom stereocenters. The van der Waals surface area contributed by atoms with E-state index in [0.717, 1.165) is 38.0 Å². The topological polar surface area (TPSA) is 136 Å². The van der Waals surface area contributed by atoms with Crippen molar-refractivity contribution in [2.75, 3.05) is 24.7 Å². The summed E-state index contributed by atoms with van der Waals surface area (Å²) >= 11 is 0. The van der Waals surface area contributed by atoms with Crippen LogP contribution in [0.3, 0.4) is 0 Å². The summed E-state index contributed by atoms with van der Waals surface area (Å²) < 4.78 is 29.8. The van der Waals surface area contributed by atoms with E-state index in [0.29, 0.717) is 22.8 Å². The fourth-order valence-corrected chi connectivity index (χ4v) is 4.85. The molecule has 35 heavy (non-hydrogen) atoms. The molecule has 0 spiro atoms. The smallest absolute Gasteiger partial charge is 0.273 e. The number of para-hydroxylation sites is 1. The molecule has 0 aliphatic heterocycles. The number of carbonyl (C=O) groups excluding carboxylic acids is 2. The molecule has 2 bridgehead atoms. The zero-order chi connectivity index (χ0) is 26.7. The standard InChI is InChI=1S/C24H26N8O3/c1-25-23(34)19-17(8-18(29-30-19)28-22(33)14-6-7-14)27-16-5-3-4-15(20(16)35-2)21-26-12-32(31-21)24-9-13(10-24)11-24/h3-5,8,12-14H,6-7,9-11H2,1-2H3,(H,25,34)(H2,27,28,29,33)/i1D3. The minimum Gasteiger partial charge on any atom is -0.494 e. The molecule has 1 aromatic carbocycles. The van der Waals surface area contributed by atoms with Gasteiger partial charge in [0.05, 0.1) is 29.6 Å². The molecule has 3 aromatic rings. The van der Waals surface area contributed by atoms with Gasteiger partial charge in [-0.05, 0) is 50.2 Å². The molecule has 2 aromatic heterocycles. The van der Waals surface area contributed by atoms with E-state index in [-0.39, 0.29) is 34.6 Å². The van der Waals surface area contributed by atoms with E-state index in [1.165, 1.54) is 13.2 Å². The van der Waals surface area contributed by atoms with Crippen LogP contribution in [0.5, 0.6) is 5.75 Å². The van der Waals surface area contributed by atoms with E-state index in [4.69, 9.17) is 13.9 Å². The van der Waals surface area contributed by atoms with Crippen LogP contribution in [0.25, 0.3) is 11.4 Å². The third-order valence-corrected chi connectivity index (χ3v) is 7.04. The molecule has 0 radical (unpaired) electrons. The van der Waals surface area contributed by atoms with E-state index in [2.05, 4.69) is 25.8 Å². The normalized spacial score (nSPS) is 23.6. The Morgan fingerprint density at radius 1 is 1.20 bits per heavy atom. The van der Waals surface area contributed by atoms with Crippen LogP contribution in [0.15, 0.2) is 30.6 Å². The summed E-state index contributed by atoms with van der Waals surface area (Å²) in [6, 6.07) is 6.78. The molecule has 7 rings (SSSR count). The second kappa shape index (κ2) is 8.03. The molecule has 11 heteroatoms. The Hall–Kier alpha value is -4.02. The fourth-order valence-electron chi connectivity index (χ4n) is 4.85. The first-order valence-electron chi connectivity index (χ1n) is 13.0. The minimum absolute atomic E-state index is 0.0684. The number of aromatic nitrogens is 5. The molecule has 180 valence electrons. The molecule has 2 heterocycles. The van der Waals surface area contributed by atoms with Gasteiger partial charge in [-0.1, -0.05) is 6.07 Å². The van der Waals surface area contributed by atoms with Gasteiger partial charge in [0.1, 0.15) is 6.33 Å². The van der Waals surface area contributed by atoms with Gasteiger partial charge in [-0.15, -0.1) is 10.2 Å². The molecule has 4 aliphatic carbocycles. The number of hydrogen-bond acceptors (Lipinski definition) is 8. The quantitative estimate of drug-likeness (QED) is 0.451. The lowest BCUT2D eigenvalue weighted by Crippen LogP contribution is -2.59. The average molecular weight is 478 g/mol. The van der Waals surface area contributed by atoms with Crippen LogP contribution >= 0.6 is 0 Å². The first kappa shape index (κ1) is 18.3. The van der Waals surface area contributed by atoms with Crippen molar-refractivity contribution in [2.24, 2.45) is 11.8 Å². The van der Waals surface area contributed by atoms with E-state index < -0.39 is 12.9 Å². The maximum Gasteiger partial charge on any atom is 0.273 e. The van der Waals surface area contributed by atoms with Crippen LogP contribution < -0.4 is 20.7 Å². The summed E-state index contributed by atoms with van der Waals surface area (Å²) in [7, 11) is 1.51. The lowest BCUT2D eigenvalue weighted by Gasteiger charge is -2.61. The number of benzene rings is 1. The maximum atomic E-state index is 12.7. The van der Waals surface area contributed by atoms with Crippen molar-refractivity contribution < 1.29 is 18.4 Å². The summed E-state index contributed by atoms with van der Waals surface area (Å²) in [5.41, 5.74) is 1.07. The van der Waals surface area contributed by atoms with Crippen molar-refractivity contribution in [3.05, 3.63) is 36.3 Å². The molecule has 0 unspecified atom stereocenters. The second-order valence-electron chi connectivity index (χ2n) is 9.44. The number of methoxy groups -OCH3 is 1. The fraction of sp³-hybridized carbons (Fsp3) is 0.417. The highest BCUT2D eigenvalue weighted by molar-refractivity contribution is 6.00. The monoisotopic (exact) mass is 477 g/mol. The highest BCUT2D eigenvalue weighted by atomic mass is 16.5. The predicted molar refractivity (Wildman–Crippen MR) is 127 cm³/mol. The van der Waals surface area contributed by atoms with Gasteiger partial charge in [-0.25, -0.2) is 9.67 Å². The van der Waals surface area contributed by atoms with Crippen molar-refractivity contribution in [3.63, 3.8) is 0 Å². The van der Waals surface area contributed by atoms with Crippen molar-refractivity contribution in [1.29, 1.82) is 0 Å². The van der Waals surface area contributed by atoms with Crippen LogP contribution in [0.2, 0.25) is 0 Å². The summed E-state index contributed by atoms with van der Waals surface area (Å²) in [4.78, 5) is 29.5. The number of nitrogens with one attached hydrogen (secondary N) is 3. The summed E-state index contributed by atoms with van der Waals surface area (Å²) in [6.45, 7) is -2.72. The number of hydrogen-bond donors (Lipinski definition) is 3. The zero-order valence-electron chi connectivity index (χ0n) is 22.0. The van der Waals surface area contributed by atoms with Crippen LogP contribution in [0, 0.1) is 11.8 Å². The van der Waals surface area contributed by atoms with Crippen molar-refractivity contribution in [2.45, 2.75) is 37.6 Å². The molecule has 0 saturated heterocycles. The predicted octanol–water partition coefficient (Wildman–Crippen LogP) is 2.70. The summed E-state index contributed by atoms with van der Waals surface area (Å²) in [5.74, 6) is 0.648. The minimum atomic E-state index is -2.72. The molecule has 2 amide bonds. The Balaban J connectivity index is 1.33. The molecule has 3 N–H and O–H groups in total. The summed E-state index contributed by atoms with van der Waals surface area (Å²) in [6.07, 6.45) is 6.75. The first-order chi connectivity index (χ1) is 18.1. The number of amides is 2. The molecule has 4 saturated carbocycles. The first-order valence-corrected chi connectivity index (χ1v) is 11.5. The molecule has 4 fully saturated rings. The number of carbonyl (C=O) groups is 2.